The second kappa shape index (κ2) is 7.75. The van der Waals surface area contributed by atoms with Crippen LogP contribution in [0, 0.1) is 23.0 Å². The van der Waals surface area contributed by atoms with Gasteiger partial charge in [-0.1, -0.05) is 27.7 Å². The molecule has 6 heteroatoms. The van der Waals surface area contributed by atoms with Gasteiger partial charge in [-0.15, -0.1) is 11.3 Å². The number of aromatic nitrogens is 1. The molecule has 0 saturated heterocycles. The van der Waals surface area contributed by atoms with Crippen LogP contribution in [0.5, 0.6) is 0 Å². The summed E-state index contributed by atoms with van der Waals surface area (Å²) in [7, 11) is 0. The summed E-state index contributed by atoms with van der Waals surface area (Å²) in [4.78, 5) is 16.3. The predicted octanol–water partition coefficient (Wildman–Crippen LogP) is 5.17. The van der Waals surface area contributed by atoms with E-state index in [0.717, 1.165) is 29.0 Å². The minimum Gasteiger partial charge on any atom is -0.320 e. The number of hydrogen-bond donors (Lipinski definition) is 0. The number of nitro benzene ring substituents is 1. The summed E-state index contributed by atoms with van der Waals surface area (Å²) in [5.74, 6) is 1.02. The Balaban J connectivity index is 2.53. The Labute approximate surface area is 146 Å². The van der Waals surface area contributed by atoms with Crippen LogP contribution in [0.4, 0.5) is 11.4 Å². The maximum Gasteiger partial charge on any atom is 0.269 e. The molecule has 0 amide bonds. The van der Waals surface area contributed by atoms with Crippen molar-refractivity contribution in [1.82, 2.24) is 4.57 Å². The lowest BCUT2D eigenvalue weighted by Gasteiger charge is -2.15. The fraction of sp³-hybridized carbons (Fsp3) is 0.500. The van der Waals surface area contributed by atoms with Crippen LogP contribution in [-0.4, -0.2) is 9.49 Å². The molecule has 1 aromatic heterocycles. The van der Waals surface area contributed by atoms with Gasteiger partial charge in [-0.25, -0.2) is 4.99 Å². The van der Waals surface area contributed by atoms with Gasteiger partial charge in [0.2, 0.25) is 0 Å². The fourth-order valence-corrected chi connectivity index (χ4v) is 3.60. The Morgan fingerprint density at radius 1 is 1.33 bits per heavy atom. The Bertz CT molecular complexity index is 790. The molecule has 130 valence electrons. The van der Waals surface area contributed by atoms with Gasteiger partial charge >= 0.3 is 0 Å². The number of benzene rings is 1. The molecule has 0 aliphatic heterocycles. The van der Waals surface area contributed by atoms with Crippen molar-refractivity contribution >= 4 is 22.7 Å². The maximum atomic E-state index is 10.9. The topological polar surface area (TPSA) is 60.4 Å². The van der Waals surface area contributed by atoms with Crippen molar-refractivity contribution in [2.24, 2.45) is 10.9 Å². The third-order valence-electron chi connectivity index (χ3n) is 4.10. The van der Waals surface area contributed by atoms with Gasteiger partial charge in [0.25, 0.3) is 5.69 Å². The minimum atomic E-state index is -0.373. The molecule has 0 saturated carbocycles. The molecule has 1 heterocycles. The summed E-state index contributed by atoms with van der Waals surface area (Å²) in [6, 6.07) is 4.83. The van der Waals surface area contributed by atoms with Gasteiger partial charge in [0, 0.05) is 29.8 Å². The van der Waals surface area contributed by atoms with Crippen molar-refractivity contribution < 1.29 is 4.92 Å². The van der Waals surface area contributed by atoms with Gasteiger partial charge in [-0.2, -0.15) is 0 Å². The van der Waals surface area contributed by atoms with Gasteiger partial charge in [0.15, 0.2) is 4.80 Å². The first-order chi connectivity index (χ1) is 11.3. The van der Waals surface area contributed by atoms with E-state index in [0.29, 0.717) is 11.8 Å². The summed E-state index contributed by atoms with van der Waals surface area (Å²) in [6.45, 7) is 11.6. The van der Waals surface area contributed by atoms with Gasteiger partial charge in [-0.05, 0) is 36.8 Å². The summed E-state index contributed by atoms with van der Waals surface area (Å²) >= 11 is 1.64. The molecule has 0 bridgehead atoms. The van der Waals surface area contributed by atoms with E-state index in [4.69, 9.17) is 4.99 Å². The van der Waals surface area contributed by atoms with Crippen LogP contribution in [0.1, 0.15) is 51.3 Å². The van der Waals surface area contributed by atoms with Crippen molar-refractivity contribution in [3.8, 4) is 0 Å². The standard InChI is InChI=1S/C18H25N3O2S/c1-6-13(4)17-11-24-18(20(17)10-12(2)3)19-16-8-7-15(21(22)23)9-14(16)5/h7-9,11-13H,6,10H2,1-5H3/t13-/m1/s1. The molecular formula is C18H25N3O2S. The highest BCUT2D eigenvalue weighted by molar-refractivity contribution is 7.07. The molecule has 1 atom stereocenters. The van der Waals surface area contributed by atoms with Crippen molar-refractivity contribution in [1.29, 1.82) is 0 Å². The van der Waals surface area contributed by atoms with E-state index < -0.39 is 0 Å². The Morgan fingerprint density at radius 3 is 2.58 bits per heavy atom. The summed E-state index contributed by atoms with van der Waals surface area (Å²) in [5.41, 5.74) is 3.02. The molecule has 0 radical (unpaired) electrons. The zero-order chi connectivity index (χ0) is 17.9. The van der Waals surface area contributed by atoms with Crippen molar-refractivity contribution in [2.75, 3.05) is 0 Å². The molecule has 0 aliphatic rings. The van der Waals surface area contributed by atoms with E-state index in [-0.39, 0.29) is 10.6 Å². The molecule has 0 N–H and O–H groups in total. The number of nitrogens with zero attached hydrogens (tertiary/aromatic N) is 3. The van der Waals surface area contributed by atoms with Crippen LogP contribution in [0.2, 0.25) is 0 Å². The van der Waals surface area contributed by atoms with Crippen LogP contribution in [-0.2, 0) is 6.54 Å². The largest absolute Gasteiger partial charge is 0.320 e. The number of non-ortho nitro benzene ring substituents is 1. The number of hydrogen-bond acceptors (Lipinski definition) is 4. The van der Waals surface area contributed by atoms with Crippen LogP contribution >= 0.6 is 11.3 Å². The SMILES string of the molecule is CC[C@@H](C)c1csc(=Nc2ccc([N+](=O)[O-])cc2C)n1CC(C)C. The molecule has 2 aromatic rings. The normalized spacial score (nSPS) is 13.5. The number of rotatable bonds is 6. The molecule has 1 aromatic carbocycles. The summed E-state index contributed by atoms with van der Waals surface area (Å²) in [6.07, 6.45) is 1.09. The molecule has 0 fully saturated rings. The maximum absolute atomic E-state index is 10.9. The third kappa shape index (κ3) is 4.12. The number of aryl methyl sites for hydroxylation is 1. The van der Waals surface area contributed by atoms with Gasteiger partial charge in [0.1, 0.15) is 0 Å². The van der Waals surface area contributed by atoms with Crippen LogP contribution in [0.15, 0.2) is 28.6 Å². The monoisotopic (exact) mass is 347 g/mol. The van der Waals surface area contributed by atoms with Crippen LogP contribution in [0.25, 0.3) is 0 Å². The van der Waals surface area contributed by atoms with Crippen molar-refractivity contribution in [3.63, 3.8) is 0 Å². The Hall–Kier alpha value is -1.95. The van der Waals surface area contributed by atoms with E-state index in [1.54, 1.807) is 23.5 Å². The lowest BCUT2D eigenvalue weighted by atomic mass is 10.1. The second-order valence-corrected chi connectivity index (χ2v) is 7.43. The van der Waals surface area contributed by atoms with Crippen molar-refractivity contribution in [3.05, 3.63) is 49.8 Å². The van der Waals surface area contributed by atoms with Gasteiger partial charge in [0.05, 0.1) is 10.6 Å². The first-order valence-corrected chi connectivity index (χ1v) is 9.19. The average Bonchev–Trinajstić information content (AvgIpc) is 2.90. The van der Waals surface area contributed by atoms with E-state index in [9.17, 15) is 10.1 Å². The predicted molar refractivity (Wildman–Crippen MR) is 98.9 cm³/mol. The molecule has 0 aliphatic carbocycles. The fourth-order valence-electron chi connectivity index (χ4n) is 2.56. The molecule has 2 rings (SSSR count). The van der Waals surface area contributed by atoms with E-state index >= 15 is 0 Å². The first-order valence-electron chi connectivity index (χ1n) is 8.31. The Morgan fingerprint density at radius 2 is 2.04 bits per heavy atom. The highest BCUT2D eigenvalue weighted by Crippen LogP contribution is 2.24. The first kappa shape index (κ1) is 18.4. The minimum absolute atomic E-state index is 0.105. The summed E-state index contributed by atoms with van der Waals surface area (Å²) in [5, 5.41) is 13.1. The molecule has 0 spiro atoms. The smallest absolute Gasteiger partial charge is 0.269 e. The highest BCUT2D eigenvalue weighted by Gasteiger charge is 2.13. The van der Waals surface area contributed by atoms with Gasteiger partial charge < -0.3 is 4.57 Å². The molecular weight excluding hydrogens is 322 g/mol. The lowest BCUT2D eigenvalue weighted by Crippen LogP contribution is -2.21. The second-order valence-electron chi connectivity index (χ2n) is 6.60. The zero-order valence-corrected chi connectivity index (χ0v) is 15.8. The van der Waals surface area contributed by atoms with Crippen molar-refractivity contribution in [2.45, 2.75) is 53.5 Å². The van der Waals surface area contributed by atoms with E-state index in [2.05, 4.69) is 37.6 Å². The number of nitro groups is 1. The number of thiazole rings is 1. The summed E-state index contributed by atoms with van der Waals surface area (Å²) < 4.78 is 2.30. The zero-order valence-electron chi connectivity index (χ0n) is 14.9. The van der Waals surface area contributed by atoms with E-state index in [1.807, 2.05) is 6.92 Å². The van der Waals surface area contributed by atoms with Crippen LogP contribution in [0.3, 0.4) is 0 Å². The van der Waals surface area contributed by atoms with Crippen LogP contribution < -0.4 is 4.80 Å². The highest BCUT2D eigenvalue weighted by atomic mass is 32.1. The quantitative estimate of drug-likeness (QED) is 0.535. The molecule has 24 heavy (non-hydrogen) atoms. The van der Waals surface area contributed by atoms with E-state index in [1.165, 1.54) is 11.8 Å². The molecule has 5 nitrogen and oxygen atoms in total. The Kier molecular flexibility index (Phi) is 5.94. The lowest BCUT2D eigenvalue weighted by molar-refractivity contribution is -0.384. The molecule has 0 unspecified atom stereocenters. The van der Waals surface area contributed by atoms with Gasteiger partial charge in [-0.3, -0.25) is 10.1 Å². The average molecular weight is 347 g/mol. The third-order valence-corrected chi connectivity index (χ3v) is 4.98.